The zero-order valence-corrected chi connectivity index (χ0v) is 15.8. The average molecular weight is 363 g/mol. The van der Waals surface area contributed by atoms with Crippen LogP contribution in [0.1, 0.15) is 43.6 Å². The summed E-state index contributed by atoms with van der Waals surface area (Å²) in [7, 11) is 0. The zero-order chi connectivity index (χ0) is 18.8. The van der Waals surface area contributed by atoms with E-state index in [1.807, 2.05) is 47.5 Å². The summed E-state index contributed by atoms with van der Waals surface area (Å²) in [5.74, 6) is 1.31. The van der Waals surface area contributed by atoms with Crippen molar-refractivity contribution in [2.24, 2.45) is 0 Å². The molecule has 1 atom stereocenters. The van der Waals surface area contributed by atoms with Gasteiger partial charge in [0.15, 0.2) is 0 Å². The standard InChI is InChI=1S/C21H25N5O/c1-15(2)26-19-13-22-10-8-18(19)24-20(26)17-9-11-25(14-17)21(27)23-12-16-6-4-3-5-7-16/h3-8,10,13,15,17H,9,11-12,14H2,1-2H3,(H,23,27). The summed E-state index contributed by atoms with van der Waals surface area (Å²) >= 11 is 0. The number of benzene rings is 1. The number of aromatic nitrogens is 3. The summed E-state index contributed by atoms with van der Waals surface area (Å²) < 4.78 is 2.26. The Balaban J connectivity index is 1.47. The van der Waals surface area contributed by atoms with Crippen molar-refractivity contribution in [2.75, 3.05) is 13.1 Å². The molecule has 1 aliphatic heterocycles. The highest BCUT2D eigenvalue weighted by atomic mass is 16.2. The minimum absolute atomic E-state index is 0.00442. The molecule has 2 aromatic heterocycles. The fraction of sp³-hybridized carbons (Fsp3) is 0.381. The highest BCUT2D eigenvalue weighted by molar-refractivity contribution is 5.76. The maximum absolute atomic E-state index is 12.6. The Labute approximate surface area is 159 Å². The molecule has 3 aromatic rings. The van der Waals surface area contributed by atoms with Crippen molar-refractivity contribution in [1.29, 1.82) is 0 Å². The van der Waals surface area contributed by atoms with Crippen LogP contribution in [0.4, 0.5) is 4.79 Å². The smallest absolute Gasteiger partial charge is 0.317 e. The molecule has 0 aliphatic carbocycles. The Hall–Kier alpha value is -2.89. The normalized spacial score (nSPS) is 17.0. The second-order valence-electron chi connectivity index (χ2n) is 7.37. The number of imidazole rings is 1. The van der Waals surface area contributed by atoms with E-state index >= 15 is 0 Å². The lowest BCUT2D eigenvalue weighted by Gasteiger charge is -2.19. The van der Waals surface area contributed by atoms with Crippen molar-refractivity contribution in [3.63, 3.8) is 0 Å². The second-order valence-corrected chi connectivity index (χ2v) is 7.37. The first kappa shape index (κ1) is 17.5. The third-order valence-corrected chi connectivity index (χ3v) is 5.16. The van der Waals surface area contributed by atoms with Crippen LogP contribution in [0.25, 0.3) is 11.0 Å². The van der Waals surface area contributed by atoms with Gasteiger partial charge in [0.25, 0.3) is 0 Å². The molecule has 0 radical (unpaired) electrons. The van der Waals surface area contributed by atoms with Gasteiger partial charge >= 0.3 is 6.03 Å². The van der Waals surface area contributed by atoms with E-state index in [2.05, 4.69) is 28.7 Å². The number of pyridine rings is 1. The van der Waals surface area contributed by atoms with E-state index in [1.54, 1.807) is 6.20 Å². The van der Waals surface area contributed by atoms with E-state index < -0.39 is 0 Å². The van der Waals surface area contributed by atoms with Crippen LogP contribution < -0.4 is 5.32 Å². The zero-order valence-electron chi connectivity index (χ0n) is 15.8. The topological polar surface area (TPSA) is 63.1 Å². The number of hydrogen-bond acceptors (Lipinski definition) is 3. The number of nitrogens with one attached hydrogen (secondary N) is 1. The van der Waals surface area contributed by atoms with Gasteiger partial charge in [0, 0.05) is 37.8 Å². The molecule has 1 fully saturated rings. The summed E-state index contributed by atoms with van der Waals surface area (Å²) in [5, 5.41) is 3.03. The molecule has 3 heterocycles. The molecule has 140 valence electrons. The Morgan fingerprint density at radius 3 is 2.85 bits per heavy atom. The average Bonchev–Trinajstić information content (AvgIpc) is 3.31. The third-order valence-electron chi connectivity index (χ3n) is 5.16. The van der Waals surface area contributed by atoms with Crippen LogP contribution >= 0.6 is 0 Å². The van der Waals surface area contributed by atoms with E-state index in [9.17, 15) is 4.79 Å². The summed E-state index contributed by atoms with van der Waals surface area (Å²) in [4.78, 5) is 23.6. The first-order valence-electron chi connectivity index (χ1n) is 9.52. The van der Waals surface area contributed by atoms with Gasteiger partial charge in [0.05, 0.1) is 17.2 Å². The Bertz CT molecular complexity index is 934. The van der Waals surface area contributed by atoms with Crippen molar-refractivity contribution in [2.45, 2.75) is 38.8 Å². The van der Waals surface area contributed by atoms with E-state index in [1.165, 1.54) is 0 Å². The summed E-state index contributed by atoms with van der Waals surface area (Å²) in [6.07, 6.45) is 4.59. The number of amides is 2. The van der Waals surface area contributed by atoms with Gasteiger partial charge in [-0.2, -0.15) is 0 Å². The molecule has 4 rings (SSSR count). The van der Waals surface area contributed by atoms with Gasteiger partial charge in [-0.15, -0.1) is 0 Å². The van der Waals surface area contributed by atoms with Gasteiger partial charge in [-0.25, -0.2) is 9.78 Å². The second kappa shape index (κ2) is 7.39. The lowest BCUT2D eigenvalue weighted by molar-refractivity contribution is 0.207. The number of urea groups is 1. The molecule has 0 bridgehead atoms. The van der Waals surface area contributed by atoms with Crippen molar-refractivity contribution >= 4 is 17.1 Å². The first-order chi connectivity index (χ1) is 13.1. The van der Waals surface area contributed by atoms with Gasteiger partial charge in [-0.05, 0) is 31.9 Å². The SMILES string of the molecule is CC(C)n1c(C2CCN(C(=O)NCc3ccccc3)C2)nc2ccncc21. The highest BCUT2D eigenvalue weighted by Crippen LogP contribution is 2.31. The van der Waals surface area contributed by atoms with E-state index in [-0.39, 0.29) is 11.9 Å². The third kappa shape index (κ3) is 3.52. The van der Waals surface area contributed by atoms with Crippen LogP contribution in [-0.2, 0) is 6.54 Å². The number of likely N-dealkylation sites (tertiary alicyclic amines) is 1. The minimum atomic E-state index is -0.00442. The fourth-order valence-electron chi connectivity index (χ4n) is 3.83. The molecular formula is C21H25N5O. The maximum atomic E-state index is 12.6. The van der Waals surface area contributed by atoms with Crippen molar-refractivity contribution < 1.29 is 4.79 Å². The lowest BCUT2D eigenvalue weighted by Crippen LogP contribution is -2.38. The number of carbonyl (C=O) groups is 1. The van der Waals surface area contributed by atoms with Crippen LogP contribution in [0.5, 0.6) is 0 Å². The highest BCUT2D eigenvalue weighted by Gasteiger charge is 2.31. The van der Waals surface area contributed by atoms with Crippen LogP contribution in [-0.4, -0.2) is 38.6 Å². The van der Waals surface area contributed by atoms with Crippen molar-refractivity contribution in [1.82, 2.24) is 24.8 Å². The van der Waals surface area contributed by atoms with Gasteiger partial charge < -0.3 is 14.8 Å². The van der Waals surface area contributed by atoms with Crippen LogP contribution in [0.15, 0.2) is 48.8 Å². The van der Waals surface area contributed by atoms with Crippen molar-refractivity contribution in [3.05, 3.63) is 60.2 Å². The molecule has 6 heteroatoms. The molecule has 1 aliphatic rings. The van der Waals surface area contributed by atoms with E-state index in [0.29, 0.717) is 19.1 Å². The molecular weight excluding hydrogens is 338 g/mol. The number of fused-ring (bicyclic) bond motifs is 1. The molecule has 6 nitrogen and oxygen atoms in total. The maximum Gasteiger partial charge on any atom is 0.317 e. The number of nitrogens with zero attached hydrogens (tertiary/aromatic N) is 4. The Morgan fingerprint density at radius 1 is 1.26 bits per heavy atom. The first-order valence-corrected chi connectivity index (χ1v) is 9.52. The molecule has 1 saturated heterocycles. The predicted octanol–water partition coefficient (Wildman–Crippen LogP) is 3.71. The molecule has 1 N–H and O–H groups in total. The quantitative estimate of drug-likeness (QED) is 0.768. The Morgan fingerprint density at radius 2 is 2.07 bits per heavy atom. The van der Waals surface area contributed by atoms with Gasteiger partial charge in [0.2, 0.25) is 0 Å². The fourth-order valence-corrected chi connectivity index (χ4v) is 3.83. The van der Waals surface area contributed by atoms with Crippen LogP contribution in [0, 0.1) is 0 Å². The molecule has 0 spiro atoms. The molecule has 0 saturated carbocycles. The van der Waals surface area contributed by atoms with E-state index in [4.69, 9.17) is 4.98 Å². The summed E-state index contributed by atoms with van der Waals surface area (Å²) in [6.45, 7) is 6.33. The van der Waals surface area contributed by atoms with E-state index in [0.717, 1.165) is 35.4 Å². The number of hydrogen-bond donors (Lipinski definition) is 1. The largest absolute Gasteiger partial charge is 0.334 e. The predicted molar refractivity (Wildman–Crippen MR) is 106 cm³/mol. The van der Waals surface area contributed by atoms with Crippen molar-refractivity contribution in [3.8, 4) is 0 Å². The molecule has 1 aromatic carbocycles. The van der Waals surface area contributed by atoms with Crippen LogP contribution in [0.2, 0.25) is 0 Å². The number of rotatable bonds is 4. The summed E-state index contributed by atoms with van der Waals surface area (Å²) in [6, 6.07) is 12.2. The van der Waals surface area contributed by atoms with Gasteiger partial charge in [-0.1, -0.05) is 30.3 Å². The molecule has 27 heavy (non-hydrogen) atoms. The molecule has 1 unspecified atom stereocenters. The Kier molecular flexibility index (Phi) is 4.79. The van der Waals surface area contributed by atoms with Gasteiger partial charge in [-0.3, -0.25) is 4.98 Å². The van der Waals surface area contributed by atoms with Crippen LogP contribution in [0.3, 0.4) is 0 Å². The monoisotopic (exact) mass is 363 g/mol. The van der Waals surface area contributed by atoms with Gasteiger partial charge in [0.1, 0.15) is 5.82 Å². The summed E-state index contributed by atoms with van der Waals surface area (Å²) in [5.41, 5.74) is 3.14. The molecule has 2 amide bonds. The number of carbonyl (C=O) groups excluding carboxylic acids is 1. The minimum Gasteiger partial charge on any atom is -0.334 e. The lowest BCUT2D eigenvalue weighted by atomic mass is 10.1.